The Labute approximate surface area is 148 Å². The van der Waals surface area contributed by atoms with Gasteiger partial charge in [-0.3, -0.25) is 9.59 Å². The van der Waals surface area contributed by atoms with Gasteiger partial charge >= 0.3 is 0 Å². The van der Waals surface area contributed by atoms with Gasteiger partial charge in [0, 0.05) is 12.6 Å². The fourth-order valence-corrected chi connectivity index (χ4v) is 2.94. The molecule has 2 aromatic heterocycles. The van der Waals surface area contributed by atoms with E-state index in [4.69, 9.17) is 4.74 Å². The Balaban J connectivity index is 1.64. The van der Waals surface area contributed by atoms with Crippen LogP contribution in [0.1, 0.15) is 5.56 Å². The van der Waals surface area contributed by atoms with Crippen molar-refractivity contribution in [2.75, 3.05) is 7.11 Å². The molecule has 0 unspecified atom stereocenters. The molecule has 0 saturated heterocycles. The van der Waals surface area contributed by atoms with E-state index in [1.807, 2.05) is 41.8 Å². The SMILES string of the molecule is COc1ccc(CNC(=O)Cn2nc(-c3cccs3)ccc2=O)cc1. The lowest BCUT2D eigenvalue weighted by Crippen LogP contribution is -2.33. The number of hydrogen-bond donors (Lipinski definition) is 1. The van der Waals surface area contributed by atoms with Crippen molar-refractivity contribution in [2.45, 2.75) is 13.1 Å². The van der Waals surface area contributed by atoms with E-state index in [1.165, 1.54) is 22.1 Å². The monoisotopic (exact) mass is 355 g/mol. The minimum Gasteiger partial charge on any atom is -0.497 e. The van der Waals surface area contributed by atoms with Gasteiger partial charge in [0.1, 0.15) is 18.0 Å². The third kappa shape index (κ3) is 4.33. The van der Waals surface area contributed by atoms with Gasteiger partial charge in [-0.1, -0.05) is 18.2 Å². The summed E-state index contributed by atoms with van der Waals surface area (Å²) in [5.41, 5.74) is 1.32. The lowest BCUT2D eigenvalue weighted by atomic mass is 10.2. The van der Waals surface area contributed by atoms with Crippen molar-refractivity contribution >= 4 is 17.2 Å². The van der Waals surface area contributed by atoms with Gasteiger partial charge in [0.25, 0.3) is 5.56 Å². The molecular formula is C18H17N3O3S. The van der Waals surface area contributed by atoms with Crippen molar-refractivity contribution in [1.29, 1.82) is 0 Å². The van der Waals surface area contributed by atoms with E-state index in [9.17, 15) is 9.59 Å². The van der Waals surface area contributed by atoms with Crippen LogP contribution in [0, 0.1) is 0 Å². The quantitative estimate of drug-likeness (QED) is 0.736. The summed E-state index contributed by atoms with van der Waals surface area (Å²) in [6.07, 6.45) is 0. The Morgan fingerprint density at radius 1 is 1.20 bits per heavy atom. The fourth-order valence-electron chi connectivity index (χ4n) is 2.25. The molecule has 0 aliphatic rings. The molecule has 2 heterocycles. The maximum atomic E-state index is 12.1. The van der Waals surface area contributed by atoms with E-state index < -0.39 is 0 Å². The Bertz CT molecular complexity index is 902. The number of carbonyl (C=O) groups is 1. The first-order valence-corrected chi connectivity index (χ1v) is 8.55. The molecule has 0 spiro atoms. The molecule has 0 radical (unpaired) electrons. The summed E-state index contributed by atoms with van der Waals surface area (Å²) in [7, 11) is 1.60. The normalized spacial score (nSPS) is 10.4. The van der Waals surface area contributed by atoms with E-state index >= 15 is 0 Å². The molecule has 0 fully saturated rings. The van der Waals surface area contributed by atoms with Gasteiger partial charge in [0.15, 0.2) is 0 Å². The molecule has 7 heteroatoms. The van der Waals surface area contributed by atoms with Crippen molar-refractivity contribution in [2.24, 2.45) is 0 Å². The lowest BCUT2D eigenvalue weighted by molar-refractivity contribution is -0.122. The molecule has 1 amide bonds. The molecule has 6 nitrogen and oxygen atoms in total. The summed E-state index contributed by atoms with van der Waals surface area (Å²) >= 11 is 1.53. The first-order chi connectivity index (χ1) is 12.2. The van der Waals surface area contributed by atoms with Crippen LogP contribution < -0.4 is 15.6 Å². The van der Waals surface area contributed by atoms with E-state index in [0.29, 0.717) is 12.2 Å². The topological polar surface area (TPSA) is 73.2 Å². The minimum absolute atomic E-state index is 0.117. The third-order valence-electron chi connectivity index (χ3n) is 3.58. The summed E-state index contributed by atoms with van der Waals surface area (Å²) in [6, 6.07) is 14.3. The molecule has 0 atom stereocenters. The Morgan fingerprint density at radius 2 is 2.00 bits per heavy atom. The van der Waals surface area contributed by atoms with Crippen LogP contribution in [0.15, 0.2) is 58.7 Å². The van der Waals surface area contributed by atoms with Gasteiger partial charge < -0.3 is 10.1 Å². The summed E-state index contributed by atoms with van der Waals surface area (Å²) in [5, 5.41) is 9.00. The highest BCUT2D eigenvalue weighted by molar-refractivity contribution is 7.13. The van der Waals surface area contributed by atoms with Crippen LogP contribution in [0.25, 0.3) is 10.6 Å². The lowest BCUT2D eigenvalue weighted by Gasteiger charge is -2.08. The highest BCUT2D eigenvalue weighted by Crippen LogP contribution is 2.21. The van der Waals surface area contributed by atoms with Gasteiger partial charge in [0.2, 0.25) is 5.91 Å². The number of nitrogens with one attached hydrogen (secondary N) is 1. The largest absolute Gasteiger partial charge is 0.497 e. The maximum Gasteiger partial charge on any atom is 0.267 e. The van der Waals surface area contributed by atoms with Crippen molar-refractivity contribution in [3.8, 4) is 16.3 Å². The zero-order valence-corrected chi connectivity index (χ0v) is 14.5. The number of hydrogen-bond acceptors (Lipinski definition) is 5. The number of ether oxygens (including phenoxy) is 1. The molecule has 0 bridgehead atoms. The number of carbonyl (C=O) groups excluding carboxylic acids is 1. The number of thiophene rings is 1. The summed E-state index contributed by atoms with van der Waals surface area (Å²) in [6.45, 7) is 0.260. The maximum absolute atomic E-state index is 12.1. The van der Waals surface area contributed by atoms with E-state index in [1.54, 1.807) is 13.2 Å². The second-order valence-corrected chi connectivity index (χ2v) is 6.26. The first-order valence-electron chi connectivity index (χ1n) is 7.67. The van der Waals surface area contributed by atoms with E-state index in [-0.39, 0.29) is 18.0 Å². The zero-order chi connectivity index (χ0) is 17.6. The standard InChI is InChI=1S/C18H17N3O3S/c1-24-14-6-4-13(5-7-14)11-19-17(22)12-21-18(23)9-8-15(20-21)16-3-2-10-25-16/h2-10H,11-12H2,1H3,(H,19,22). The second-order valence-electron chi connectivity index (χ2n) is 5.32. The predicted molar refractivity (Wildman–Crippen MR) is 96.7 cm³/mol. The Morgan fingerprint density at radius 3 is 2.68 bits per heavy atom. The third-order valence-corrected chi connectivity index (χ3v) is 4.47. The summed E-state index contributed by atoms with van der Waals surface area (Å²) < 4.78 is 6.27. The molecule has 1 N–H and O–H groups in total. The van der Waals surface area contributed by atoms with Crippen LogP contribution in [0.5, 0.6) is 5.75 Å². The number of benzene rings is 1. The average molecular weight is 355 g/mol. The van der Waals surface area contributed by atoms with Crippen LogP contribution in [-0.2, 0) is 17.9 Å². The van der Waals surface area contributed by atoms with Crippen LogP contribution >= 0.6 is 11.3 Å². The van der Waals surface area contributed by atoms with Crippen molar-refractivity contribution in [3.63, 3.8) is 0 Å². The van der Waals surface area contributed by atoms with Gasteiger partial charge in [0.05, 0.1) is 12.0 Å². The summed E-state index contributed by atoms with van der Waals surface area (Å²) in [4.78, 5) is 25.0. The van der Waals surface area contributed by atoms with Crippen LogP contribution in [-0.4, -0.2) is 22.8 Å². The van der Waals surface area contributed by atoms with Crippen LogP contribution in [0.4, 0.5) is 0 Å². The van der Waals surface area contributed by atoms with Gasteiger partial charge in [-0.25, -0.2) is 4.68 Å². The van der Waals surface area contributed by atoms with Gasteiger partial charge in [-0.15, -0.1) is 11.3 Å². The second kappa shape index (κ2) is 7.76. The van der Waals surface area contributed by atoms with Crippen molar-refractivity contribution in [1.82, 2.24) is 15.1 Å². The van der Waals surface area contributed by atoms with E-state index in [2.05, 4.69) is 10.4 Å². The summed E-state index contributed by atoms with van der Waals surface area (Å²) in [5.74, 6) is 0.491. The molecule has 3 aromatic rings. The Hall–Kier alpha value is -2.93. The first kappa shape index (κ1) is 16.9. The highest BCUT2D eigenvalue weighted by atomic mass is 32.1. The average Bonchev–Trinajstić information content (AvgIpc) is 3.17. The number of nitrogens with zero attached hydrogens (tertiary/aromatic N) is 2. The minimum atomic E-state index is -0.306. The molecule has 0 saturated carbocycles. The zero-order valence-electron chi connectivity index (χ0n) is 13.6. The number of rotatable bonds is 6. The Kier molecular flexibility index (Phi) is 5.25. The van der Waals surface area contributed by atoms with Crippen molar-refractivity contribution in [3.05, 3.63) is 69.8 Å². The molecule has 0 aliphatic carbocycles. The number of amides is 1. The van der Waals surface area contributed by atoms with Gasteiger partial charge in [-0.2, -0.15) is 5.10 Å². The number of methoxy groups -OCH3 is 1. The van der Waals surface area contributed by atoms with Crippen molar-refractivity contribution < 1.29 is 9.53 Å². The molecule has 25 heavy (non-hydrogen) atoms. The fraction of sp³-hybridized carbons (Fsp3) is 0.167. The molecule has 1 aromatic carbocycles. The van der Waals surface area contributed by atoms with E-state index in [0.717, 1.165) is 16.2 Å². The molecule has 3 rings (SSSR count). The number of aromatic nitrogens is 2. The predicted octanol–water partition coefficient (Wildman–Crippen LogP) is 2.30. The molecule has 0 aliphatic heterocycles. The van der Waals surface area contributed by atoms with Crippen LogP contribution in [0.2, 0.25) is 0 Å². The highest BCUT2D eigenvalue weighted by Gasteiger charge is 2.08. The van der Waals surface area contributed by atoms with Crippen LogP contribution in [0.3, 0.4) is 0 Å². The molecule has 128 valence electrons. The smallest absolute Gasteiger partial charge is 0.267 e. The van der Waals surface area contributed by atoms with Gasteiger partial charge in [-0.05, 0) is 35.2 Å². The molecular weight excluding hydrogens is 338 g/mol.